The number of phenolic OH excluding ortho intramolecular Hbond substituents is 1. The number of hydrazone groups is 1. The van der Waals surface area contributed by atoms with Crippen LogP contribution in [0.25, 0.3) is 0 Å². The van der Waals surface area contributed by atoms with Crippen molar-refractivity contribution in [3.8, 4) is 5.75 Å². The van der Waals surface area contributed by atoms with Crippen molar-refractivity contribution >= 4 is 40.4 Å². The molecule has 0 aliphatic carbocycles. The van der Waals surface area contributed by atoms with Gasteiger partial charge in [0.2, 0.25) is 0 Å². The second-order valence-electron chi connectivity index (χ2n) is 4.70. The zero-order valence-corrected chi connectivity index (χ0v) is 14.2. The molecular formula is C16H16IN3O2. The Kier molecular flexibility index (Phi) is 5.76. The summed E-state index contributed by atoms with van der Waals surface area (Å²) in [7, 11) is 0. The van der Waals surface area contributed by atoms with Crippen molar-refractivity contribution < 1.29 is 9.90 Å². The van der Waals surface area contributed by atoms with Gasteiger partial charge in [-0.25, -0.2) is 5.43 Å². The smallest absolute Gasteiger partial charge is 0.259 e. The van der Waals surface area contributed by atoms with Crippen molar-refractivity contribution in [1.82, 2.24) is 5.43 Å². The highest BCUT2D eigenvalue weighted by molar-refractivity contribution is 14.1. The van der Waals surface area contributed by atoms with Gasteiger partial charge in [-0.2, -0.15) is 5.10 Å². The van der Waals surface area contributed by atoms with E-state index in [0.29, 0.717) is 0 Å². The summed E-state index contributed by atoms with van der Waals surface area (Å²) in [5.74, 6) is -0.0376. The predicted molar refractivity (Wildman–Crippen MR) is 96.2 cm³/mol. The van der Waals surface area contributed by atoms with E-state index in [1.165, 1.54) is 9.78 Å². The molecule has 0 spiro atoms. The third kappa shape index (κ3) is 5.03. The van der Waals surface area contributed by atoms with Crippen molar-refractivity contribution in [2.24, 2.45) is 5.10 Å². The summed E-state index contributed by atoms with van der Waals surface area (Å²) in [6.07, 6.45) is 1.52. The molecular weight excluding hydrogens is 393 g/mol. The van der Waals surface area contributed by atoms with E-state index in [0.717, 1.165) is 16.8 Å². The quantitative estimate of drug-likeness (QED) is 0.404. The summed E-state index contributed by atoms with van der Waals surface area (Å²) in [6.45, 7) is 2.17. The van der Waals surface area contributed by atoms with E-state index in [1.807, 2.05) is 25.1 Å². The number of nitrogens with zero attached hydrogens (tertiary/aromatic N) is 1. The Morgan fingerprint density at radius 2 is 2.00 bits per heavy atom. The van der Waals surface area contributed by atoms with Crippen LogP contribution in [0.3, 0.4) is 0 Å². The van der Waals surface area contributed by atoms with Crippen LogP contribution in [0.2, 0.25) is 0 Å². The monoisotopic (exact) mass is 409 g/mol. The minimum absolute atomic E-state index is 0.146. The van der Waals surface area contributed by atoms with Crippen LogP contribution in [0.4, 0.5) is 5.69 Å². The topological polar surface area (TPSA) is 73.7 Å². The zero-order chi connectivity index (χ0) is 15.9. The number of halogens is 1. The Hall–Kier alpha value is -2.09. The summed E-state index contributed by atoms with van der Waals surface area (Å²) >= 11 is 2.27. The van der Waals surface area contributed by atoms with Crippen LogP contribution in [0.5, 0.6) is 5.75 Å². The van der Waals surface area contributed by atoms with Crippen molar-refractivity contribution in [3.05, 3.63) is 57.2 Å². The van der Waals surface area contributed by atoms with Crippen molar-refractivity contribution in [2.75, 3.05) is 11.9 Å². The van der Waals surface area contributed by atoms with Gasteiger partial charge in [-0.05, 0) is 83.1 Å². The summed E-state index contributed by atoms with van der Waals surface area (Å²) in [6, 6.07) is 12.5. The zero-order valence-electron chi connectivity index (χ0n) is 12.0. The maximum atomic E-state index is 11.7. The standard InChI is InChI=1S/C16H16IN3O2/c1-11-8-13(4-7-15(11)17)18-10-16(22)20-19-9-12-2-5-14(21)6-3-12/h2-9,18,21H,10H2,1H3,(H,20,22)/b19-9+. The van der Waals surface area contributed by atoms with Crippen LogP contribution in [0.1, 0.15) is 11.1 Å². The lowest BCUT2D eigenvalue weighted by Gasteiger charge is -2.07. The van der Waals surface area contributed by atoms with E-state index in [9.17, 15) is 4.79 Å². The van der Waals surface area contributed by atoms with Gasteiger partial charge in [0, 0.05) is 9.26 Å². The lowest BCUT2D eigenvalue weighted by Crippen LogP contribution is -2.25. The average Bonchev–Trinajstić information content (AvgIpc) is 2.50. The number of hydrogen-bond donors (Lipinski definition) is 3. The number of carbonyl (C=O) groups is 1. The molecule has 0 heterocycles. The molecule has 2 aromatic carbocycles. The first kappa shape index (κ1) is 16.3. The van der Waals surface area contributed by atoms with Crippen LogP contribution >= 0.6 is 22.6 Å². The highest BCUT2D eigenvalue weighted by Gasteiger charge is 2.01. The number of phenols is 1. The van der Waals surface area contributed by atoms with Gasteiger partial charge in [0.1, 0.15) is 5.75 Å². The second kappa shape index (κ2) is 7.79. The first-order valence-electron chi connectivity index (χ1n) is 6.65. The molecule has 2 aromatic rings. The molecule has 0 aliphatic rings. The number of hydrogen-bond acceptors (Lipinski definition) is 4. The highest BCUT2D eigenvalue weighted by Crippen LogP contribution is 2.16. The third-order valence-electron chi connectivity index (χ3n) is 2.91. The van der Waals surface area contributed by atoms with Gasteiger partial charge in [0.15, 0.2) is 0 Å². The fourth-order valence-corrected chi connectivity index (χ4v) is 2.05. The molecule has 0 fully saturated rings. The van der Waals surface area contributed by atoms with Gasteiger partial charge in [-0.3, -0.25) is 4.79 Å². The number of anilines is 1. The number of rotatable bonds is 5. The number of aryl methyl sites for hydroxylation is 1. The molecule has 22 heavy (non-hydrogen) atoms. The molecule has 0 aliphatic heterocycles. The van der Waals surface area contributed by atoms with Crippen molar-refractivity contribution in [2.45, 2.75) is 6.92 Å². The Bertz CT molecular complexity index is 684. The summed E-state index contributed by atoms with van der Waals surface area (Å²) < 4.78 is 1.19. The van der Waals surface area contributed by atoms with Gasteiger partial charge in [-0.15, -0.1) is 0 Å². The lowest BCUT2D eigenvalue weighted by molar-refractivity contribution is -0.119. The fourth-order valence-electron chi connectivity index (χ4n) is 1.72. The molecule has 0 atom stereocenters. The molecule has 5 nitrogen and oxygen atoms in total. The van der Waals surface area contributed by atoms with E-state index >= 15 is 0 Å². The summed E-state index contributed by atoms with van der Waals surface area (Å²) in [5.41, 5.74) is 5.30. The fraction of sp³-hybridized carbons (Fsp3) is 0.125. The molecule has 0 bridgehead atoms. The predicted octanol–water partition coefficient (Wildman–Crippen LogP) is 2.87. The van der Waals surface area contributed by atoms with Gasteiger partial charge in [-0.1, -0.05) is 0 Å². The molecule has 0 saturated carbocycles. The average molecular weight is 409 g/mol. The number of nitrogens with one attached hydrogen (secondary N) is 2. The minimum atomic E-state index is -0.230. The van der Waals surface area contributed by atoms with Gasteiger partial charge in [0.25, 0.3) is 5.91 Å². The van der Waals surface area contributed by atoms with E-state index in [-0.39, 0.29) is 18.2 Å². The summed E-state index contributed by atoms with van der Waals surface area (Å²) in [4.78, 5) is 11.7. The Balaban J connectivity index is 1.80. The molecule has 0 aromatic heterocycles. The highest BCUT2D eigenvalue weighted by atomic mass is 127. The number of carbonyl (C=O) groups excluding carboxylic acids is 1. The first-order chi connectivity index (χ1) is 10.5. The van der Waals surface area contributed by atoms with E-state index in [2.05, 4.69) is 38.4 Å². The Labute approximate surface area is 142 Å². The summed E-state index contributed by atoms with van der Waals surface area (Å²) in [5, 5.41) is 16.1. The first-order valence-corrected chi connectivity index (χ1v) is 7.73. The molecule has 0 radical (unpaired) electrons. The number of benzene rings is 2. The Morgan fingerprint density at radius 3 is 2.68 bits per heavy atom. The molecule has 0 unspecified atom stereocenters. The van der Waals surface area contributed by atoms with Crippen LogP contribution < -0.4 is 10.7 Å². The lowest BCUT2D eigenvalue weighted by atomic mass is 10.2. The molecule has 6 heteroatoms. The molecule has 114 valence electrons. The SMILES string of the molecule is Cc1cc(NCC(=O)N/N=C/c2ccc(O)cc2)ccc1I. The van der Waals surface area contributed by atoms with E-state index < -0.39 is 0 Å². The van der Waals surface area contributed by atoms with Crippen molar-refractivity contribution in [3.63, 3.8) is 0 Å². The molecule has 1 amide bonds. The molecule has 3 N–H and O–H groups in total. The second-order valence-corrected chi connectivity index (χ2v) is 5.86. The third-order valence-corrected chi connectivity index (χ3v) is 4.12. The molecule has 0 saturated heterocycles. The Morgan fingerprint density at radius 1 is 1.27 bits per heavy atom. The van der Waals surface area contributed by atoms with Crippen LogP contribution in [0, 0.1) is 10.5 Å². The van der Waals surface area contributed by atoms with Gasteiger partial charge < -0.3 is 10.4 Å². The minimum Gasteiger partial charge on any atom is -0.508 e. The maximum absolute atomic E-state index is 11.7. The van der Waals surface area contributed by atoms with E-state index in [1.54, 1.807) is 24.3 Å². The normalized spacial score (nSPS) is 10.6. The number of amides is 1. The van der Waals surface area contributed by atoms with Crippen LogP contribution in [0.15, 0.2) is 47.6 Å². The van der Waals surface area contributed by atoms with Gasteiger partial charge >= 0.3 is 0 Å². The molecule has 2 rings (SSSR count). The number of aromatic hydroxyl groups is 1. The van der Waals surface area contributed by atoms with Crippen molar-refractivity contribution in [1.29, 1.82) is 0 Å². The maximum Gasteiger partial charge on any atom is 0.259 e. The van der Waals surface area contributed by atoms with Crippen LogP contribution in [-0.2, 0) is 4.79 Å². The van der Waals surface area contributed by atoms with Crippen LogP contribution in [-0.4, -0.2) is 23.8 Å². The van der Waals surface area contributed by atoms with E-state index in [4.69, 9.17) is 5.11 Å². The largest absolute Gasteiger partial charge is 0.508 e. The van der Waals surface area contributed by atoms with Gasteiger partial charge in [0.05, 0.1) is 12.8 Å².